The van der Waals surface area contributed by atoms with Gasteiger partial charge in [0.15, 0.2) is 11.5 Å². The van der Waals surface area contributed by atoms with Gasteiger partial charge >= 0.3 is 0 Å². The molecule has 6 nitrogen and oxygen atoms in total. The summed E-state index contributed by atoms with van der Waals surface area (Å²) in [6.07, 6.45) is 0. The van der Waals surface area contributed by atoms with Crippen molar-refractivity contribution in [2.75, 3.05) is 6.54 Å². The highest BCUT2D eigenvalue weighted by Crippen LogP contribution is 2.41. The molecule has 0 unspecified atom stereocenters. The standard InChI is InChI=1S/C30H32N2O4/c1-5-31-30(33)28-21(4)29(36-32-28)25-16-24(20(2)3)26(34-18-22-12-8-6-9-13-22)17-27(25)35-19-23-14-10-7-11-15-23/h6-17,20H,5,18-19H2,1-4H3,(H,31,33). The Balaban J connectivity index is 1.75. The number of hydrogen-bond donors (Lipinski definition) is 1. The minimum absolute atomic E-state index is 0.184. The van der Waals surface area contributed by atoms with E-state index in [0.717, 1.165) is 28.0 Å². The molecule has 1 amide bonds. The van der Waals surface area contributed by atoms with E-state index in [9.17, 15) is 4.79 Å². The van der Waals surface area contributed by atoms with Gasteiger partial charge < -0.3 is 19.3 Å². The van der Waals surface area contributed by atoms with Gasteiger partial charge in [-0.25, -0.2) is 0 Å². The summed E-state index contributed by atoms with van der Waals surface area (Å²) >= 11 is 0. The molecule has 1 heterocycles. The molecule has 3 aromatic carbocycles. The van der Waals surface area contributed by atoms with Gasteiger partial charge in [-0.05, 0) is 42.5 Å². The first-order chi connectivity index (χ1) is 17.5. The summed E-state index contributed by atoms with van der Waals surface area (Å²) in [4.78, 5) is 12.5. The van der Waals surface area contributed by atoms with Crippen LogP contribution < -0.4 is 14.8 Å². The van der Waals surface area contributed by atoms with E-state index in [4.69, 9.17) is 14.0 Å². The molecule has 6 heteroatoms. The summed E-state index contributed by atoms with van der Waals surface area (Å²) in [5.41, 5.74) is 4.82. The lowest BCUT2D eigenvalue weighted by Crippen LogP contribution is -2.23. The maximum Gasteiger partial charge on any atom is 0.273 e. The quantitative estimate of drug-likeness (QED) is 0.272. The Morgan fingerprint density at radius 2 is 1.50 bits per heavy atom. The molecule has 0 aliphatic carbocycles. The van der Waals surface area contributed by atoms with Gasteiger partial charge in [0.05, 0.1) is 5.56 Å². The molecule has 0 saturated carbocycles. The van der Waals surface area contributed by atoms with Gasteiger partial charge in [-0.2, -0.15) is 0 Å². The van der Waals surface area contributed by atoms with E-state index in [0.29, 0.717) is 36.8 Å². The van der Waals surface area contributed by atoms with Gasteiger partial charge in [-0.15, -0.1) is 0 Å². The van der Waals surface area contributed by atoms with Crippen molar-refractivity contribution >= 4 is 5.91 Å². The van der Waals surface area contributed by atoms with E-state index in [1.807, 2.05) is 86.6 Å². The van der Waals surface area contributed by atoms with Gasteiger partial charge in [0, 0.05) is 18.2 Å². The number of hydrogen-bond acceptors (Lipinski definition) is 5. The van der Waals surface area contributed by atoms with Crippen molar-refractivity contribution < 1.29 is 18.8 Å². The van der Waals surface area contributed by atoms with E-state index in [-0.39, 0.29) is 17.5 Å². The number of benzene rings is 3. The van der Waals surface area contributed by atoms with Crippen molar-refractivity contribution in [1.29, 1.82) is 0 Å². The molecular formula is C30H32N2O4. The molecule has 0 atom stereocenters. The molecule has 0 aliphatic heterocycles. The topological polar surface area (TPSA) is 73.6 Å². The number of amides is 1. The van der Waals surface area contributed by atoms with Crippen LogP contribution in [0, 0.1) is 6.92 Å². The van der Waals surface area contributed by atoms with Gasteiger partial charge in [0.25, 0.3) is 5.91 Å². The third kappa shape index (κ3) is 5.77. The van der Waals surface area contributed by atoms with Crippen molar-refractivity contribution in [1.82, 2.24) is 10.5 Å². The molecule has 0 bridgehead atoms. The van der Waals surface area contributed by atoms with Crippen LogP contribution >= 0.6 is 0 Å². The zero-order valence-corrected chi connectivity index (χ0v) is 21.2. The monoisotopic (exact) mass is 484 g/mol. The van der Waals surface area contributed by atoms with Crippen molar-refractivity contribution in [3.05, 3.63) is 101 Å². The van der Waals surface area contributed by atoms with Crippen LogP contribution in [0.5, 0.6) is 11.5 Å². The summed E-state index contributed by atoms with van der Waals surface area (Å²) in [6, 6.07) is 24.0. The summed E-state index contributed by atoms with van der Waals surface area (Å²) in [7, 11) is 0. The Morgan fingerprint density at radius 1 is 0.917 bits per heavy atom. The van der Waals surface area contributed by atoms with Crippen LogP contribution in [-0.2, 0) is 13.2 Å². The molecule has 4 rings (SSSR count). The Bertz CT molecular complexity index is 1300. The highest BCUT2D eigenvalue weighted by Gasteiger charge is 2.24. The van der Waals surface area contributed by atoms with Crippen molar-refractivity contribution in [2.24, 2.45) is 0 Å². The summed E-state index contributed by atoms with van der Waals surface area (Å²) in [6.45, 7) is 9.28. The Kier molecular flexibility index (Phi) is 8.06. The number of nitrogens with zero attached hydrogens (tertiary/aromatic N) is 1. The Hall–Kier alpha value is -4.06. The SMILES string of the molecule is CCNC(=O)c1noc(-c2cc(C(C)C)c(OCc3ccccc3)cc2OCc2ccccc2)c1C. The van der Waals surface area contributed by atoms with E-state index in [1.165, 1.54) is 0 Å². The average Bonchev–Trinajstić information content (AvgIpc) is 3.28. The van der Waals surface area contributed by atoms with E-state index < -0.39 is 0 Å². The third-order valence-corrected chi connectivity index (χ3v) is 5.93. The van der Waals surface area contributed by atoms with E-state index in [1.54, 1.807) is 0 Å². The molecular weight excluding hydrogens is 452 g/mol. The lowest BCUT2D eigenvalue weighted by atomic mass is 9.96. The Labute approximate surface area is 212 Å². The normalized spacial score (nSPS) is 10.9. The number of aromatic nitrogens is 1. The lowest BCUT2D eigenvalue weighted by Gasteiger charge is -2.19. The highest BCUT2D eigenvalue weighted by atomic mass is 16.5. The van der Waals surface area contributed by atoms with Gasteiger partial charge in [-0.1, -0.05) is 79.7 Å². The molecule has 0 saturated heterocycles. The summed E-state index contributed by atoms with van der Waals surface area (Å²) in [5, 5.41) is 6.86. The molecule has 0 spiro atoms. The highest BCUT2D eigenvalue weighted by molar-refractivity contribution is 5.95. The average molecular weight is 485 g/mol. The minimum atomic E-state index is -0.261. The van der Waals surface area contributed by atoms with Gasteiger partial charge in [-0.3, -0.25) is 4.79 Å². The largest absolute Gasteiger partial charge is 0.488 e. The predicted molar refractivity (Wildman–Crippen MR) is 140 cm³/mol. The van der Waals surface area contributed by atoms with Crippen LogP contribution in [0.25, 0.3) is 11.3 Å². The van der Waals surface area contributed by atoms with Crippen LogP contribution in [0.2, 0.25) is 0 Å². The maximum atomic E-state index is 12.5. The second kappa shape index (κ2) is 11.6. The molecule has 1 N–H and O–H groups in total. The van der Waals surface area contributed by atoms with E-state index in [2.05, 4.69) is 24.3 Å². The van der Waals surface area contributed by atoms with Crippen LogP contribution in [0.4, 0.5) is 0 Å². The van der Waals surface area contributed by atoms with E-state index >= 15 is 0 Å². The minimum Gasteiger partial charge on any atom is -0.488 e. The second-order valence-electron chi connectivity index (χ2n) is 8.93. The molecule has 0 radical (unpaired) electrons. The molecule has 1 aromatic heterocycles. The van der Waals surface area contributed by atoms with Crippen LogP contribution in [0.3, 0.4) is 0 Å². The summed E-state index contributed by atoms with van der Waals surface area (Å²) < 4.78 is 18.3. The number of nitrogens with one attached hydrogen (secondary N) is 1. The first-order valence-corrected chi connectivity index (χ1v) is 12.2. The lowest BCUT2D eigenvalue weighted by molar-refractivity contribution is 0.0946. The fraction of sp³-hybridized carbons (Fsp3) is 0.267. The first kappa shape index (κ1) is 25.0. The molecule has 4 aromatic rings. The number of rotatable bonds is 10. The number of carbonyl (C=O) groups excluding carboxylic acids is 1. The maximum absolute atomic E-state index is 12.5. The van der Waals surface area contributed by atoms with Gasteiger partial charge in [0.1, 0.15) is 24.7 Å². The van der Waals surface area contributed by atoms with Crippen molar-refractivity contribution in [2.45, 2.75) is 46.8 Å². The fourth-order valence-electron chi connectivity index (χ4n) is 3.96. The van der Waals surface area contributed by atoms with Crippen LogP contribution in [0.15, 0.2) is 77.3 Å². The summed E-state index contributed by atoms with van der Waals surface area (Å²) in [5.74, 6) is 1.79. The molecule has 186 valence electrons. The van der Waals surface area contributed by atoms with Crippen molar-refractivity contribution in [3.8, 4) is 22.8 Å². The van der Waals surface area contributed by atoms with Crippen molar-refractivity contribution in [3.63, 3.8) is 0 Å². The second-order valence-corrected chi connectivity index (χ2v) is 8.93. The smallest absolute Gasteiger partial charge is 0.273 e. The Morgan fingerprint density at radius 3 is 2.06 bits per heavy atom. The number of ether oxygens (including phenoxy) is 2. The predicted octanol–water partition coefficient (Wildman–Crippen LogP) is 6.68. The molecule has 0 fully saturated rings. The van der Waals surface area contributed by atoms with Gasteiger partial charge in [0.2, 0.25) is 0 Å². The fourth-order valence-corrected chi connectivity index (χ4v) is 3.96. The first-order valence-electron chi connectivity index (χ1n) is 12.2. The molecule has 0 aliphatic rings. The zero-order valence-electron chi connectivity index (χ0n) is 21.2. The third-order valence-electron chi connectivity index (χ3n) is 5.93. The van der Waals surface area contributed by atoms with Crippen LogP contribution in [0.1, 0.15) is 59.4 Å². The number of carbonyl (C=O) groups is 1. The zero-order chi connectivity index (χ0) is 25.5. The van der Waals surface area contributed by atoms with Crippen LogP contribution in [-0.4, -0.2) is 17.6 Å². The molecule has 36 heavy (non-hydrogen) atoms.